The molecule has 0 bridgehead atoms. The van der Waals surface area contributed by atoms with Gasteiger partial charge in [0.2, 0.25) is 0 Å². The third kappa shape index (κ3) is 4.46. The molecule has 15 heavy (non-hydrogen) atoms. The molecule has 0 saturated heterocycles. The van der Waals surface area contributed by atoms with Crippen molar-refractivity contribution in [3.63, 3.8) is 0 Å². The van der Waals surface area contributed by atoms with E-state index in [1.54, 1.807) is 5.32 Å². The first kappa shape index (κ1) is 14.2. The van der Waals surface area contributed by atoms with E-state index in [4.69, 9.17) is 5.11 Å². The van der Waals surface area contributed by atoms with Crippen LogP contribution in [-0.4, -0.2) is 36.0 Å². The highest BCUT2D eigenvalue weighted by molar-refractivity contribution is 5.84. The highest BCUT2D eigenvalue weighted by Gasteiger charge is 2.49. The summed E-state index contributed by atoms with van der Waals surface area (Å²) in [5.41, 5.74) is 0. The van der Waals surface area contributed by atoms with E-state index in [0.29, 0.717) is 6.42 Å². The maximum Gasteiger partial charge on any atom is 0.383 e. The third-order valence-electron chi connectivity index (χ3n) is 1.75. The van der Waals surface area contributed by atoms with Crippen LogP contribution in [0, 0.1) is 0 Å². The fourth-order valence-corrected chi connectivity index (χ4v) is 0.889. The zero-order valence-electron chi connectivity index (χ0n) is 8.14. The van der Waals surface area contributed by atoms with Gasteiger partial charge in [0, 0.05) is 12.6 Å². The van der Waals surface area contributed by atoms with Gasteiger partial charge in [0.15, 0.2) is 0 Å². The lowest BCUT2D eigenvalue weighted by molar-refractivity contribution is -0.170. The van der Waals surface area contributed by atoms with Crippen LogP contribution in [-0.2, 0) is 4.79 Å². The lowest BCUT2D eigenvalue weighted by Crippen LogP contribution is -2.48. The molecule has 0 radical (unpaired) electrons. The Bertz CT molecular complexity index is 211. The molecule has 0 saturated carbocycles. The zero-order valence-corrected chi connectivity index (χ0v) is 8.14. The van der Waals surface area contributed by atoms with Gasteiger partial charge in [-0.05, 0) is 19.8 Å². The van der Waals surface area contributed by atoms with Crippen LogP contribution < -0.4 is 5.32 Å². The second-order valence-corrected chi connectivity index (χ2v) is 3.16. The molecule has 0 rings (SSSR count). The van der Waals surface area contributed by atoms with E-state index in [9.17, 15) is 22.4 Å². The first-order valence-corrected chi connectivity index (χ1v) is 4.40. The SMILES string of the molecule is CC(CCCO)NC(=O)C(F)(F)C(F)F. The number of hydrogen-bond donors (Lipinski definition) is 2. The fraction of sp³-hybridized carbons (Fsp3) is 0.875. The summed E-state index contributed by atoms with van der Waals surface area (Å²) in [6.45, 7) is 1.25. The van der Waals surface area contributed by atoms with Crippen LogP contribution in [0.3, 0.4) is 0 Å². The monoisotopic (exact) mass is 231 g/mol. The predicted octanol–water partition coefficient (Wildman–Crippen LogP) is 1.16. The molecule has 0 aliphatic carbocycles. The number of carbonyl (C=O) groups is 1. The Balaban J connectivity index is 4.12. The Morgan fingerprint density at radius 2 is 2.00 bits per heavy atom. The molecule has 0 aromatic carbocycles. The maximum atomic E-state index is 12.4. The molecule has 1 amide bonds. The molecule has 2 N–H and O–H groups in total. The molecule has 90 valence electrons. The Morgan fingerprint density at radius 1 is 1.47 bits per heavy atom. The van der Waals surface area contributed by atoms with Gasteiger partial charge in [0.05, 0.1) is 0 Å². The van der Waals surface area contributed by atoms with Gasteiger partial charge in [-0.3, -0.25) is 4.79 Å². The van der Waals surface area contributed by atoms with Crippen LogP contribution >= 0.6 is 0 Å². The molecule has 0 aromatic rings. The highest BCUT2D eigenvalue weighted by Crippen LogP contribution is 2.23. The van der Waals surface area contributed by atoms with Crippen LogP contribution in [0.15, 0.2) is 0 Å². The summed E-state index contributed by atoms with van der Waals surface area (Å²) in [6, 6.07) is -0.672. The van der Waals surface area contributed by atoms with E-state index in [0.717, 1.165) is 0 Å². The van der Waals surface area contributed by atoms with Crippen molar-refractivity contribution in [3.05, 3.63) is 0 Å². The van der Waals surface area contributed by atoms with Crippen molar-refractivity contribution in [2.24, 2.45) is 0 Å². The van der Waals surface area contributed by atoms with Gasteiger partial charge in [-0.1, -0.05) is 0 Å². The highest BCUT2D eigenvalue weighted by atomic mass is 19.3. The van der Waals surface area contributed by atoms with Gasteiger partial charge < -0.3 is 10.4 Å². The van der Waals surface area contributed by atoms with Crippen molar-refractivity contribution in [1.82, 2.24) is 5.32 Å². The first-order valence-electron chi connectivity index (χ1n) is 4.40. The third-order valence-corrected chi connectivity index (χ3v) is 1.75. The molecular formula is C8H13F4NO2. The number of amides is 1. The number of aliphatic hydroxyl groups excluding tert-OH is 1. The summed E-state index contributed by atoms with van der Waals surface area (Å²) in [5.74, 6) is -6.64. The van der Waals surface area contributed by atoms with E-state index in [-0.39, 0.29) is 13.0 Å². The van der Waals surface area contributed by atoms with Crippen LogP contribution in [0.5, 0.6) is 0 Å². The van der Waals surface area contributed by atoms with Gasteiger partial charge in [-0.25, -0.2) is 8.78 Å². The lowest BCUT2D eigenvalue weighted by atomic mass is 10.2. The van der Waals surface area contributed by atoms with Crippen molar-refractivity contribution < 1.29 is 27.5 Å². The predicted molar refractivity (Wildman–Crippen MR) is 44.9 cm³/mol. The minimum absolute atomic E-state index is 0.147. The summed E-state index contributed by atoms with van der Waals surface area (Å²) in [6.07, 6.45) is -3.45. The first-order chi connectivity index (χ1) is 6.82. The number of rotatable bonds is 6. The largest absolute Gasteiger partial charge is 0.396 e. The Morgan fingerprint density at radius 3 is 2.40 bits per heavy atom. The van der Waals surface area contributed by atoms with Gasteiger partial charge in [0.1, 0.15) is 0 Å². The molecule has 0 heterocycles. The van der Waals surface area contributed by atoms with Crippen molar-refractivity contribution in [3.8, 4) is 0 Å². The molecule has 0 fully saturated rings. The van der Waals surface area contributed by atoms with Crippen LogP contribution in [0.2, 0.25) is 0 Å². The summed E-state index contributed by atoms with van der Waals surface area (Å²) in [4.78, 5) is 10.7. The number of alkyl halides is 4. The number of hydrogen-bond acceptors (Lipinski definition) is 2. The minimum atomic E-state index is -4.66. The standard InChI is InChI=1S/C8H13F4NO2/c1-5(3-2-4-14)13-7(15)8(11,12)6(9)10/h5-6,14H,2-4H2,1H3,(H,13,15). The summed E-state index contributed by atoms with van der Waals surface area (Å²) < 4.78 is 48.3. The lowest BCUT2D eigenvalue weighted by Gasteiger charge is -2.18. The van der Waals surface area contributed by atoms with E-state index in [1.807, 2.05) is 0 Å². The maximum absolute atomic E-state index is 12.4. The summed E-state index contributed by atoms with van der Waals surface area (Å²) in [5, 5.41) is 10.2. The molecule has 0 aromatic heterocycles. The quantitative estimate of drug-likeness (QED) is 0.674. The van der Waals surface area contributed by atoms with Crippen molar-refractivity contribution in [2.75, 3.05) is 6.61 Å². The normalized spacial score (nSPS) is 14.1. The molecule has 1 atom stereocenters. The van der Waals surface area contributed by atoms with Crippen molar-refractivity contribution >= 4 is 5.91 Å². The van der Waals surface area contributed by atoms with Gasteiger partial charge in [0.25, 0.3) is 5.91 Å². The molecular weight excluding hydrogens is 218 g/mol. The average molecular weight is 231 g/mol. The second kappa shape index (κ2) is 5.89. The second-order valence-electron chi connectivity index (χ2n) is 3.16. The van der Waals surface area contributed by atoms with Crippen molar-refractivity contribution in [1.29, 1.82) is 0 Å². The van der Waals surface area contributed by atoms with E-state index in [1.165, 1.54) is 6.92 Å². The fourth-order valence-electron chi connectivity index (χ4n) is 0.889. The smallest absolute Gasteiger partial charge is 0.383 e. The Kier molecular flexibility index (Phi) is 5.56. The molecule has 1 unspecified atom stereocenters. The number of carbonyl (C=O) groups excluding carboxylic acids is 1. The number of aliphatic hydroxyl groups is 1. The van der Waals surface area contributed by atoms with E-state index >= 15 is 0 Å². The van der Waals surface area contributed by atoms with E-state index < -0.39 is 24.3 Å². The molecule has 0 aliphatic heterocycles. The molecule has 7 heteroatoms. The van der Waals surface area contributed by atoms with Crippen molar-refractivity contribution in [2.45, 2.75) is 38.2 Å². The minimum Gasteiger partial charge on any atom is -0.396 e. The summed E-state index contributed by atoms with van der Waals surface area (Å²) in [7, 11) is 0. The number of nitrogens with one attached hydrogen (secondary N) is 1. The Hall–Kier alpha value is -0.850. The Labute approximate surface area is 84.5 Å². The zero-order chi connectivity index (χ0) is 12.1. The van der Waals surface area contributed by atoms with Crippen LogP contribution in [0.4, 0.5) is 17.6 Å². The van der Waals surface area contributed by atoms with Crippen LogP contribution in [0.25, 0.3) is 0 Å². The summed E-state index contributed by atoms with van der Waals surface area (Å²) >= 11 is 0. The molecule has 3 nitrogen and oxygen atoms in total. The van der Waals surface area contributed by atoms with Gasteiger partial charge >= 0.3 is 12.3 Å². The van der Waals surface area contributed by atoms with Gasteiger partial charge in [-0.15, -0.1) is 0 Å². The average Bonchev–Trinajstić information content (AvgIpc) is 2.14. The van der Waals surface area contributed by atoms with Crippen LogP contribution in [0.1, 0.15) is 19.8 Å². The molecule has 0 spiro atoms. The van der Waals surface area contributed by atoms with E-state index in [2.05, 4.69) is 0 Å². The topological polar surface area (TPSA) is 49.3 Å². The molecule has 0 aliphatic rings. The number of halogens is 4. The van der Waals surface area contributed by atoms with Gasteiger partial charge in [-0.2, -0.15) is 8.78 Å².